The number of imide groups is 2. The van der Waals surface area contributed by atoms with E-state index in [-0.39, 0.29) is 0 Å². The number of carbonyl (C=O) groups excluding carboxylic acids is 4. The minimum absolute atomic E-state index is 0.399. The standard InChI is InChI=1S/C12H17N3O4/c1-11(2,7(13)16)15-9(18)12(5-3-4-6-12)8(17)14-10(15)19/h3-6H2,1-2H3,(H2,13,16)(H,14,17,19). The van der Waals surface area contributed by atoms with Crippen molar-refractivity contribution in [2.24, 2.45) is 11.1 Å². The molecule has 1 saturated heterocycles. The molecule has 0 atom stereocenters. The molecule has 0 aromatic carbocycles. The molecule has 7 heteroatoms. The summed E-state index contributed by atoms with van der Waals surface area (Å²) >= 11 is 0. The Kier molecular flexibility index (Phi) is 2.87. The van der Waals surface area contributed by atoms with E-state index in [1.54, 1.807) is 0 Å². The van der Waals surface area contributed by atoms with Crippen LogP contribution in [0.1, 0.15) is 39.5 Å². The van der Waals surface area contributed by atoms with Crippen LogP contribution in [-0.4, -0.2) is 34.2 Å². The second-order valence-electron chi connectivity index (χ2n) is 5.61. The highest BCUT2D eigenvalue weighted by Gasteiger charge is 2.58. The molecule has 1 heterocycles. The molecule has 2 aliphatic rings. The monoisotopic (exact) mass is 267 g/mol. The fraction of sp³-hybridized carbons (Fsp3) is 0.667. The molecule has 2 fully saturated rings. The summed E-state index contributed by atoms with van der Waals surface area (Å²) in [7, 11) is 0. The third-order valence-corrected chi connectivity index (χ3v) is 4.09. The average Bonchev–Trinajstić information content (AvgIpc) is 2.76. The second kappa shape index (κ2) is 4.04. The number of amides is 5. The molecule has 3 N–H and O–H groups in total. The van der Waals surface area contributed by atoms with Crippen LogP contribution in [0.15, 0.2) is 0 Å². The highest BCUT2D eigenvalue weighted by Crippen LogP contribution is 2.43. The van der Waals surface area contributed by atoms with Crippen LogP contribution in [0.25, 0.3) is 0 Å². The molecule has 0 aromatic rings. The van der Waals surface area contributed by atoms with E-state index in [1.165, 1.54) is 13.8 Å². The summed E-state index contributed by atoms with van der Waals surface area (Å²) < 4.78 is 0. The molecular formula is C12H17N3O4. The highest BCUT2D eigenvalue weighted by atomic mass is 16.2. The number of nitrogens with one attached hydrogen (secondary N) is 1. The quantitative estimate of drug-likeness (QED) is 0.680. The first kappa shape index (κ1) is 13.5. The van der Waals surface area contributed by atoms with Crippen LogP contribution in [0.3, 0.4) is 0 Å². The topological polar surface area (TPSA) is 110 Å². The maximum atomic E-state index is 12.6. The second-order valence-corrected chi connectivity index (χ2v) is 5.61. The van der Waals surface area contributed by atoms with Gasteiger partial charge < -0.3 is 5.73 Å². The number of barbiturate groups is 1. The maximum Gasteiger partial charge on any atom is 0.331 e. The fourth-order valence-electron chi connectivity index (χ4n) is 2.71. The van der Waals surface area contributed by atoms with E-state index in [0.29, 0.717) is 12.8 Å². The summed E-state index contributed by atoms with van der Waals surface area (Å²) in [5, 5.41) is 2.17. The van der Waals surface area contributed by atoms with Crippen LogP contribution in [0, 0.1) is 5.41 Å². The molecule has 0 unspecified atom stereocenters. The van der Waals surface area contributed by atoms with E-state index in [2.05, 4.69) is 5.32 Å². The van der Waals surface area contributed by atoms with Crippen molar-refractivity contribution in [1.29, 1.82) is 0 Å². The zero-order valence-electron chi connectivity index (χ0n) is 11.0. The van der Waals surface area contributed by atoms with Crippen LogP contribution < -0.4 is 11.1 Å². The van der Waals surface area contributed by atoms with Gasteiger partial charge in [0.2, 0.25) is 17.7 Å². The van der Waals surface area contributed by atoms with Crippen molar-refractivity contribution in [2.45, 2.75) is 45.1 Å². The Balaban J connectivity index is 2.45. The van der Waals surface area contributed by atoms with Crippen molar-refractivity contribution in [3.05, 3.63) is 0 Å². The summed E-state index contributed by atoms with van der Waals surface area (Å²) in [5.41, 5.74) is 2.58. The van der Waals surface area contributed by atoms with E-state index >= 15 is 0 Å². The van der Waals surface area contributed by atoms with Crippen LogP contribution >= 0.6 is 0 Å². The molecule has 1 aliphatic carbocycles. The molecule has 1 saturated carbocycles. The van der Waals surface area contributed by atoms with Crippen LogP contribution in [0.2, 0.25) is 0 Å². The van der Waals surface area contributed by atoms with Gasteiger partial charge in [-0.15, -0.1) is 0 Å². The molecule has 104 valence electrons. The van der Waals surface area contributed by atoms with Gasteiger partial charge >= 0.3 is 6.03 Å². The summed E-state index contributed by atoms with van der Waals surface area (Å²) in [5.74, 6) is -1.96. The first-order valence-electron chi connectivity index (χ1n) is 6.23. The molecule has 1 aliphatic heterocycles. The number of carbonyl (C=O) groups is 4. The molecule has 0 aromatic heterocycles. The number of hydrogen-bond donors (Lipinski definition) is 2. The normalized spacial score (nSPS) is 22.8. The number of urea groups is 1. The van der Waals surface area contributed by atoms with Crippen molar-refractivity contribution in [3.63, 3.8) is 0 Å². The lowest BCUT2D eigenvalue weighted by Crippen LogP contribution is -2.70. The zero-order chi connectivity index (χ0) is 14.4. The molecule has 0 bridgehead atoms. The smallest absolute Gasteiger partial charge is 0.331 e. The number of nitrogens with zero attached hydrogens (tertiary/aromatic N) is 1. The predicted molar refractivity (Wildman–Crippen MR) is 64.6 cm³/mol. The zero-order valence-corrected chi connectivity index (χ0v) is 11.0. The number of rotatable bonds is 2. The lowest BCUT2D eigenvalue weighted by molar-refractivity contribution is -0.157. The number of hydrogen-bond acceptors (Lipinski definition) is 4. The SMILES string of the molecule is CC(C)(C(N)=O)N1C(=O)NC(=O)C2(CCCC2)C1=O. The molecule has 5 amide bonds. The number of primary amides is 1. The van der Waals surface area contributed by atoms with Crippen LogP contribution in [-0.2, 0) is 14.4 Å². The Morgan fingerprint density at radius 3 is 2.26 bits per heavy atom. The Morgan fingerprint density at radius 1 is 1.26 bits per heavy atom. The predicted octanol–water partition coefficient (Wildman–Crippen LogP) is -0.111. The van der Waals surface area contributed by atoms with E-state index in [0.717, 1.165) is 17.7 Å². The minimum atomic E-state index is -1.46. The van der Waals surface area contributed by atoms with Gasteiger partial charge in [-0.25, -0.2) is 9.69 Å². The van der Waals surface area contributed by atoms with Crippen molar-refractivity contribution < 1.29 is 19.2 Å². The number of nitrogens with two attached hydrogens (primary N) is 1. The summed E-state index contributed by atoms with van der Waals surface area (Å²) in [6.07, 6.45) is 2.29. The maximum absolute atomic E-state index is 12.6. The van der Waals surface area contributed by atoms with E-state index < -0.39 is 34.7 Å². The van der Waals surface area contributed by atoms with Gasteiger partial charge in [0, 0.05) is 0 Å². The molecule has 1 spiro atoms. The molecular weight excluding hydrogens is 250 g/mol. The average molecular weight is 267 g/mol. The van der Waals surface area contributed by atoms with Gasteiger partial charge in [-0.2, -0.15) is 0 Å². The van der Waals surface area contributed by atoms with Crippen LogP contribution in [0.4, 0.5) is 4.79 Å². The largest absolute Gasteiger partial charge is 0.368 e. The minimum Gasteiger partial charge on any atom is -0.368 e. The van der Waals surface area contributed by atoms with Crippen molar-refractivity contribution in [3.8, 4) is 0 Å². The first-order chi connectivity index (χ1) is 8.73. The molecule has 0 radical (unpaired) electrons. The van der Waals surface area contributed by atoms with Gasteiger partial charge in [-0.1, -0.05) is 12.8 Å². The molecule has 2 rings (SSSR count). The molecule has 7 nitrogen and oxygen atoms in total. The van der Waals surface area contributed by atoms with Gasteiger partial charge in [0.25, 0.3) is 0 Å². The van der Waals surface area contributed by atoms with E-state index in [4.69, 9.17) is 5.73 Å². The molecule has 19 heavy (non-hydrogen) atoms. The van der Waals surface area contributed by atoms with Crippen LogP contribution in [0.5, 0.6) is 0 Å². The Labute approximate surface area is 110 Å². The fourth-order valence-corrected chi connectivity index (χ4v) is 2.71. The third kappa shape index (κ3) is 1.72. The van der Waals surface area contributed by atoms with Crippen molar-refractivity contribution in [2.75, 3.05) is 0 Å². The Bertz CT molecular complexity index is 477. The Hall–Kier alpha value is -1.92. The summed E-state index contributed by atoms with van der Waals surface area (Å²) in [4.78, 5) is 48.7. The van der Waals surface area contributed by atoms with Gasteiger partial charge in [0.1, 0.15) is 11.0 Å². The van der Waals surface area contributed by atoms with Gasteiger partial charge in [0.05, 0.1) is 0 Å². The van der Waals surface area contributed by atoms with Crippen molar-refractivity contribution in [1.82, 2.24) is 10.2 Å². The van der Waals surface area contributed by atoms with Gasteiger partial charge in [0.15, 0.2) is 0 Å². The van der Waals surface area contributed by atoms with Gasteiger partial charge in [-0.05, 0) is 26.7 Å². The van der Waals surface area contributed by atoms with Gasteiger partial charge in [-0.3, -0.25) is 19.7 Å². The van der Waals surface area contributed by atoms with E-state index in [9.17, 15) is 19.2 Å². The van der Waals surface area contributed by atoms with E-state index in [1.807, 2.05) is 0 Å². The Morgan fingerprint density at radius 2 is 1.79 bits per heavy atom. The highest BCUT2D eigenvalue weighted by molar-refractivity contribution is 6.20. The van der Waals surface area contributed by atoms with Crippen molar-refractivity contribution >= 4 is 23.8 Å². The lowest BCUT2D eigenvalue weighted by Gasteiger charge is -2.43. The first-order valence-corrected chi connectivity index (χ1v) is 6.23. The third-order valence-electron chi connectivity index (χ3n) is 4.09. The lowest BCUT2D eigenvalue weighted by atomic mass is 9.80. The summed E-state index contributed by atoms with van der Waals surface area (Å²) in [6.45, 7) is 2.79. The summed E-state index contributed by atoms with van der Waals surface area (Å²) in [6, 6.07) is -0.878.